The maximum Gasteiger partial charge on any atom is 0.226 e. The zero-order valence-electron chi connectivity index (χ0n) is 21.2. The molecule has 0 aliphatic heterocycles. The molecule has 0 saturated heterocycles. The van der Waals surface area contributed by atoms with Gasteiger partial charge in [-0.3, -0.25) is 0 Å². The molecule has 0 radical (unpaired) electrons. The smallest absolute Gasteiger partial charge is 0.208 e. The Hall–Kier alpha value is -3.82. The Morgan fingerprint density at radius 2 is 0.935 bits per heavy atom. The SMILES string of the molecule is [2H]c1c([2H])c([2H])c(-c2ccc(-c3nc(Cl)nc(-c4ccc(-c5ccccc5)cc4)n3)cc2)c([2H])c1[2H]. The van der Waals surface area contributed by atoms with E-state index >= 15 is 0 Å². The Morgan fingerprint density at radius 3 is 1.48 bits per heavy atom. The molecule has 0 saturated carbocycles. The van der Waals surface area contributed by atoms with E-state index in [0.29, 0.717) is 22.8 Å². The van der Waals surface area contributed by atoms with E-state index in [1.54, 1.807) is 24.3 Å². The van der Waals surface area contributed by atoms with Crippen molar-refractivity contribution < 1.29 is 6.85 Å². The first-order valence-corrected chi connectivity index (χ1v) is 9.96. The third-order valence-electron chi connectivity index (χ3n) is 4.79. The molecule has 5 rings (SSSR count). The van der Waals surface area contributed by atoms with Crippen molar-refractivity contribution in [1.82, 2.24) is 15.0 Å². The van der Waals surface area contributed by atoms with Gasteiger partial charge in [0.15, 0.2) is 11.6 Å². The molecule has 0 spiro atoms. The number of rotatable bonds is 4. The lowest BCUT2D eigenvalue weighted by atomic mass is 10.0. The highest BCUT2D eigenvalue weighted by molar-refractivity contribution is 6.28. The minimum atomic E-state index is -0.422. The van der Waals surface area contributed by atoms with Crippen molar-refractivity contribution in [3.63, 3.8) is 0 Å². The van der Waals surface area contributed by atoms with Crippen LogP contribution in [0.15, 0.2) is 109 Å². The average Bonchev–Trinajstić information content (AvgIpc) is 2.91. The number of aromatic nitrogens is 3. The minimum Gasteiger partial charge on any atom is -0.208 e. The van der Waals surface area contributed by atoms with E-state index in [4.69, 9.17) is 18.5 Å². The zero-order valence-corrected chi connectivity index (χ0v) is 17.0. The van der Waals surface area contributed by atoms with Gasteiger partial charge in [-0.15, -0.1) is 0 Å². The second-order valence-electron chi connectivity index (χ2n) is 6.77. The second-order valence-corrected chi connectivity index (χ2v) is 7.11. The molecular formula is C27H18ClN3. The molecule has 4 aromatic carbocycles. The van der Waals surface area contributed by atoms with Crippen molar-refractivity contribution >= 4 is 11.6 Å². The molecular weight excluding hydrogens is 402 g/mol. The second kappa shape index (κ2) is 8.50. The topological polar surface area (TPSA) is 38.7 Å². The lowest BCUT2D eigenvalue weighted by Gasteiger charge is -2.07. The minimum absolute atomic E-state index is 0.0526. The number of halogens is 1. The van der Waals surface area contributed by atoms with Crippen LogP contribution in [0, 0.1) is 0 Å². The van der Waals surface area contributed by atoms with Gasteiger partial charge in [-0.2, -0.15) is 9.97 Å². The van der Waals surface area contributed by atoms with Gasteiger partial charge < -0.3 is 0 Å². The Morgan fingerprint density at radius 1 is 0.484 bits per heavy atom. The molecule has 0 aliphatic carbocycles. The van der Waals surface area contributed by atoms with Gasteiger partial charge in [0.25, 0.3) is 0 Å². The van der Waals surface area contributed by atoms with Crippen LogP contribution in [0.3, 0.4) is 0 Å². The summed E-state index contributed by atoms with van der Waals surface area (Å²) < 4.78 is 40.0. The van der Waals surface area contributed by atoms with Crippen LogP contribution in [0.1, 0.15) is 6.85 Å². The Balaban J connectivity index is 1.48. The van der Waals surface area contributed by atoms with E-state index in [2.05, 4.69) is 15.0 Å². The number of benzene rings is 4. The van der Waals surface area contributed by atoms with Gasteiger partial charge in [-0.1, -0.05) is 109 Å². The van der Waals surface area contributed by atoms with Gasteiger partial charge in [0.1, 0.15) is 0 Å². The molecule has 0 fully saturated rings. The lowest BCUT2D eigenvalue weighted by Crippen LogP contribution is -1.97. The number of hydrogen-bond acceptors (Lipinski definition) is 3. The molecule has 0 bridgehead atoms. The third-order valence-corrected chi connectivity index (χ3v) is 4.96. The average molecular weight is 425 g/mol. The number of hydrogen-bond donors (Lipinski definition) is 0. The molecule has 31 heavy (non-hydrogen) atoms. The van der Waals surface area contributed by atoms with Crippen molar-refractivity contribution in [2.24, 2.45) is 0 Å². The molecule has 148 valence electrons. The molecule has 1 heterocycles. The standard InChI is InChI=1S/C27H18ClN3/c28-27-30-25(23-15-11-21(12-16-23)19-7-3-1-4-8-19)29-26(31-27)24-17-13-22(14-18-24)20-9-5-2-6-10-20/h1-18H/i1D,3D,4D,7D,8D. The fourth-order valence-electron chi connectivity index (χ4n) is 3.23. The Bertz CT molecular complexity index is 1550. The molecule has 5 aromatic rings. The highest BCUT2D eigenvalue weighted by Crippen LogP contribution is 2.27. The summed E-state index contributed by atoms with van der Waals surface area (Å²) in [6.07, 6.45) is 0. The molecule has 0 atom stereocenters. The first kappa shape index (κ1) is 14.2. The van der Waals surface area contributed by atoms with Gasteiger partial charge in [0.05, 0.1) is 6.85 Å². The Labute approximate surface area is 193 Å². The van der Waals surface area contributed by atoms with Crippen LogP contribution in [-0.4, -0.2) is 15.0 Å². The van der Waals surface area contributed by atoms with Crippen LogP contribution in [0.5, 0.6) is 0 Å². The van der Waals surface area contributed by atoms with Gasteiger partial charge >= 0.3 is 0 Å². The quantitative estimate of drug-likeness (QED) is 0.306. The van der Waals surface area contributed by atoms with E-state index in [1.165, 1.54) is 0 Å². The fraction of sp³-hybridized carbons (Fsp3) is 0. The van der Waals surface area contributed by atoms with Crippen LogP contribution in [0.2, 0.25) is 5.28 Å². The van der Waals surface area contributed by atoms with E-state index in [9.17, 15) is 0 Å². The zero-order chi connectivity index (χ0) is 25.4. The van der Waals surface area contributed by atoms with Crippen molar-refractivity contribution in [3.05, 3.63) is 114 Å². The first-order valence-electron chi connectivity index (χ1n) is 12.1. The normalized spacial score (nSPS) is 13.0. The van der Waals surface area contributed by atoms with Crippen molar-refractivity contribution in [1.29, 1.82) is 0 Å². The lowest BCUT2D eigenvalue weighted by molar-refractivity contribution is 1.07. The summed E-state index contributed by atoms with van der Waals surface area (Å²) in [5, 5.41) is 0.0526. The monoisotopic (exact) mass is 424 g/mol. The van der Waals surface area contributed by atoms with Gasteiger partial charge in [0.2, 0.25) is 5.28 Å². The molecule has 4 heteroatoms. The first-order chi connectivity index (χ1) is 17.3. The summed E-state index contributed by atoms with van der Waals surface area (Å²) in [5.41, 5.74) is 4.25. The molecule has 0 unspecified atom stereocenters. The van der Waals surface area contributed by atoms with Crippen LogP contribution >= 0.6 is 11.6 Å². The predicted molar refractivity (Wildman–Crippen MR) is 127 cm³/mol. The maximum atomic E-state index is 8.19. The number of nitrogens with zero attached hydrogens (tertiary/aromatic N) is 3. The van der Waals surface area contributed by atoms with Crippen molar-refractivity contribution in [2.75, 3.05) is 0 Å². The molecule has 0 aliphatic rings. The fourth-order valence-corrected chi connectivity index (χ4v) is 3.39. The van der Waals surface area contributed by atoms with Crippen molar-refractivity contribution in [2.45, 2.75) is 0 Å². The highest BCUT2D eigenvalue weighted by Gasteiger charge is 2.10. The largest absolute Gasteiger partial charge is 0.226 e. The summed E-state index contributed by atoms with van der Waals surface area (Å²) >= 11 is 6.22. The predicted octanol–water partition coefficient (Wildman–Crippen LogP) is 7.19. The van der Waals surface area contributed by atoms with E-state index in [0.717, 1.165) is 16.7 Å². The van der Waals surface area contributed by atoms with Gasteiger partial charge in [0, 0.05) is 11.1 Å². The van der Waals surface area contributed by atoms with Crippen LogP contribution < -0.4 is 0 Å². The third kappa shape index (κ3) is 4.23. The van der Waals surface area contributed by atoms with E-state index < -0.39 is 6.04 Å². The molecule has 3 nitrogen and oxygen atoms in total. The highest BCUT2D eigenvalue weighted by atomic mass is 35.5. The summed E-state index contributed by atoms with van der Waals surface area (Å²) in [5.74, 6) is 0.795. The molecule has 0 N–H and O–H groups in total. The van der Waals surface area contributed by atoms with E-state index in [1.807, 2.05) is 54.6 Å². The molecule has 1 aromatic heterocycles. The summed E-state index contributed by atoms with van der Waals surface area (Å²) in [6.45, 7) is 0. The van der Waals surface area contributed by atoms with Gasteiger partial charge in [-0.25, -0.2) is 4.98 Å². The summed E-state index contributed by atoms with van der Waals surface area (Å²) in [6, 6.07) is 23.0. The van der Waals surface area contributed by atoms with Gasteiger partial charge in [-0.05, 0) is 33.9 Å². The Kier molecular flexibility index (Phi) is 3.90. The van der Waals surface area contributed by atoms with Crippen LogP contribution in [-0.2, 0) is 0 Å². The van der Waals surface area contributed by atoms with E-state index in [-0.39, 0.29) is 35.0 Å². The molecule has 0 amide bonds. The summed E-state index contributed by atoms with van der Waals surface area (Å²) in [7, 11) is 0. The summed E-state index contributed by atoms with van der Waals surface area (Å²) in [4.78, 5) is 13.1. The van der Waals surface area contributed by atoms with Crippen LogP contribution in [0.25, 0.3) is 45.0 Å². The van der Waals surface area contributed by atoms with Crippen molar-refractivity contribution in [3.8, 4) is 45.0 Å². The van der Waals surface area contributed by atoms with Crippen LogP contribution in [0.4, 0.5) is 0 Å². The maximum absolute atomic E-state index is 8.19.